The molecule has 1 N–H and O–H groups in total. The minimum Gasteiger partial charge on any atom is -0.459 e. The van der Waals surface area contributed by atoms with E-state index in [1.54, 1.807) is 13.8 Å². The number of carbonyl (C=O) groups excluding carboxylic acids is 2. The Morgan fingerprint density at radius 2 is 2.00 bits per heavy atom. The molecule has 8 atom stereocenters. The van der Waals surface area contributed by atoms with Crippen molar-refractivity contribution in [2.24, 2.45) is 22.7 Å². The van der Waals surface area contributed by atoms with Crippen LogP contribution in [0.2, 0.25) is 0 Å². The SMILES string of the molecule is CCC(=O)O[C@]1(C)CCC2C3C[C@H](F)C4=CC(=O)C=CC4(C)[C@@]3(F)C(O)C[C@@]21C. The summed E-state index contributed by atoms with van der Waals surface area (Å²) < 4.78 is 38.0. The number of aliphatic hydroxyl groups excluding tert-OH is 1. The van der Waals surface area contributed by atoms with Crippen molar-refractivity contribution in [2.75, 3.05) is 0 Å². The smallest absolute Gasteiger partial charge is 0.306 e. The predicted octanol–water partition coefficient (Wildman–Crippen LogP) is 4.02. The van der Waals surface area contributed by atoms with E-state index in [9.17, 15) is 14.7 Å². The molecule has 4 rings (SSSR count). The van der Waals surface area contributed by atoms with Crippen LogP contribution in [0.3, 0.4) is 0 Å². The molecule has 4 aliphatic carbocycles. The number of alkyl halides is 2. The lowest BCUT2D eigenvalue weighted by molar-refractivity contribution is -0.227. The maximum atomic E-state index is 16.9. The number of allylic oxidation sites excluding steroid dienone is 4. The Morgan fingerprint density at radius 3 is 2.66 bits per heavy atom. The average molecular weight is 408 g/mol. The zero-order chi connectivity index (χ0) is 21.4. The van der Waals surface area contributed by atoms with Crippen LogP contribution in [0, 0.1) is 22.7 Å². The Morgan fingerprint density at radius 1 is 1.31 bits per heavy atom. The van der Waals surface area contributed by atoms with E-state index in [1.807, 2.05) is 13.8 Å². The van der Waals surface area contributed by atoms with Gasteiger partial charge in [0.15, 0.2) is 11.5 Å². The van der Waals surface area contributed by atoms with Crippen LogP contribution < -0.4 is 0 Å². The van der Waals surface area contributed by atoms with Gasteiger partial charge < -0.3 is 9.84 Å². The second-order valence-corrected chi connectivity index (χ2v) is 9.96. The van der Waals surface area contributed by atoms with Crippen LogP contribution in [-0.2, 0) is 14.3 Å². The molecule has 0 aromatic rings. The summed E-state index contributed by atoms with van der Waals surface area (Å²) in [6.07, 6.45) is 2.59. The molecule has 4 nitrogen and oxygen atoms in total. The van der Waals surface area contributed by atoms with Gasteiger partial charge in [0.2, 0.25) is 0 Å². The molecule has 0 aromatic heterocycles. The zero-order valence-electron chi connectivity index (χ0n) is 17.5. The number of halogens is 2. The monoisotopic (exact) mass is 408 g/mol. The van der Waals surface area contributed by atoms with Crippen molar-refractivity contribution in [3.8, 4) is 0 Å². The number of rotatable bonds is 2. The van der Waals surface area contributed by atoms with Crippen LogP contribution in [-0.4, -0.2) is 40.4 Å². The average Bonchev–Trinajstić information content (AvgIpc) is 2.90. The van der Waals surface area contributed by atoms with E-state index in [0.29, 0.717) is 12.8 Å². The van der Waals surface area contributed by atoms with Gasteiger partial charge in [-0.2, -0.15) is 0 Å². The number of ketones is 1. The highest BCUT2D eigenvalue weighted by Crippen LogP contribution is 2.70. The number of fused-ring (bicyclic) bond motifs is 5. The number of hydrogen-bond donors (Lipinski definition) is 1. The third kappa shape index (κ3) is 2.44. The summed E-state index contributed by atoms with van der Waals surface area (Å²) in [4.78, 5) is 23.9. The topological polar surface area (TPSA) is 63.6 Å². The molecule has 0 saturated heterocycles. The van der Waals surface area contributed by atoms with E-state index in [-0.39, 0.29) is 42.5 Å². The third-order valence-corrected chi connectivity index (χ3v) is 8.79. The fourth-order valence-corrected chi connectivity index (χ4v) is 6.90. The standard InChI is InChI=1S/C23H30F2O4/c1-5-19(28)29-22(4)9-7-14-15-11-17(24)16-10-13(26)6-8-20(16,2)23(15,25)18(27)12-21(14,22)3/h6,8,10,14-15,17-18,27H,5,7,9,11-12H2,1-4H3/t14?,15?,17-,18?,20?,21-,22+,23-/m0/s1. The molecule has 0 radical (unpaired) electrons. The molecule has 0 amide bonds. The van der Waals surface area contributed by atoms with Crippen molar-refractivity contribution in [3.05, 3.63) is 23.8 Å². The van der Waals surface area contributed by atoms with Crippen molar-refractivity contribution < 1.29 is 28.2 Å². The molecule has 6 heteroatoms. The summed E-state index contributed by atoms with van der Waals surface area (Å²) in [5.74, 6) is -1.63. The molecule has 0 aliphatic heterocycles. The van der Waals surface area contributed by atoms with E-state index >= 15 is 8.78 Å². The van der Waals surface area contributed by atoms with E-state index in [2.05, 4.69) is 0 Å². The molecule has 160 valence electrons. The first-order valence-corrected chi connectivity index (χ1v) is 10.6. The quantitative estimate of drug-likeness (QED) is 0.701. The lowest BCUT2D eigenvalue weighted by Gasteiger charge is -2.63. The first-order valence-electron chi connectivity index (χ1n) is 10.6. The summed E-state index contributed by atoms with van der Waals surface area (Å²) in [5.41, 5.74) is -4.80. The van der Waals surface area contributed by atoms with Gasteiger partial charge in [0, 0.05) is 23.2 Å². The highest BCUT2D eigenvalue weighted by molar-refractivity contribution is 6.01. The number of aliphatic hydroxyl groups is 1. The molecule has 0 bridgehead atoms. The minimum absolute atomic E-state index is 0.0752. The van der Waals surface area contributed by atoms with Gasteiger partial charge in [0.1, 0.15) is 11.8 Å². The summed E-state index contributed by atoms with van der Waals surface area (Å²) in [6, 6.07) is 0. The van der Waals surface area contributed by atoms with Crippen LogP contribution in [0.5, 0.6) is 0 Å². The number of carbonyl (C=O) groups is 2. The Labute approximate surface area is 170 Å². The Balaban J connectivity index is 1.79. The van der Waals surface area contributed by atoms with E-state index in [4.69, 9.17) is 4.74 Å². The molecule has 3 fully saturated rings. The number of ether oxygens (including phenoxy) is 1. The normalized spacial score (nSPS) is 51.0. The Hall–Kier alpha value is -1.56. The Bertz CT molecular complexity index is 822. The molecule has 29 heavy (non-hydrogen) atoms. The third-order valence-electron chi connectivity index (χ3n) is 8.79. The molecule has 0 spiro atoms. The first-order chi connectivity index (χ1) is 13.4. The second-order valence-electron chi connectivity index (χ2n) is 9.96. The van der Waals surface area contributed by atoms with Gasteiger partial charge in [-0.05, 0) is 63.2 Å². The first kappa shape index (κ1) is 20.7. The van der Waals surface area contributed by atoms with Crippen LogP contribution >= 0.6 is 0 Å². The highest BCUT2D eigenvalue weighted by atomic mass is 19.1. The molecular weight excluding hydrogens is 378 g/mol. The van der Waals surface area contributed by atoms with Gasteiger partial charge in [-0.25, -0.2) is 8.78 Å². The summed E-state index contributed by atoms with van der Waals surface area (Å²) in [5, 5.41) is 11.2. The van der Waals surface area contributed by atoms with Crippen LogP contribution in [0.1, 0.15) is 59.8 Å². The molecule has 0 heterocycles. The van der Waals surface area contributed by atoms with E-state index < -0.39 is 40.3 Å². The van der Waals surface area contributed by atoms with Gasteiger partial charge in [-0.15, -0.1) is 0 Å². The van der Waals surface area contributed by atoms with Gasteiger partial charge in [-0.1, -0.05) is 19.9 Å². The van der Waals surface area contributed by atoms with Crippen molar-refractivity contribution >= 4 is 11.8 Å². The van der Waals surface area contributed by atoms with E-state index in [1.165, 1.54) is 18.2 Å². The maximum absolute atomic E-state index is 16.9. The van der Waals surface area contributed by atoms with Gasteiger partial charge in [-0.3, -0.25) is 9.59 Å². The fourth-order valence-electron chi connectivity index (χ4n) is 6.90. The highest BCUT2D eigenvalue weighted by Gasteiger charge is 2.74. The minimum atomic E-state index is -2.08. The summed E-state index contributed by atoms with van der Waals surface area (Å²) >= 11 is 0. The second kappa shape index (κ2) is 6.22. The van der Waals surface area contributed by atoms with Crippen LogP contribution in [0.4, 0.5) is 8.78 Å². The van der Waals surface area contributed by atoms with Gasteiger partial charge in [0.25, 0.3) is 0 Å². The van der Waals surface area contributed by atoms with Gasteiger partial charge in [0.05, 0.1) is 6.10 Å². The number of hydrogen-bond acceptors (Lipinski definition) is 4. The van der Waals surface area contributed by atoms with Gasteiger partial charge >= 0.3 is 5.97 Å². The van der Waals surface area contributed by atoms with Crippen molar-refractivity contribution in [1.82, 2.24) is 0 Å². The molecule has 4 unspecified atom stereocenters. The number of esters is 1. The lowest BCUT2D eigenvalue weighted by atomic mass is 9.44. The maximum Gasteiger partial charge on any atom is 0.306 e. The van der Waals surface area contributed by atoms with Crippen molar-refractivity contribution in [1.29, 1.82) is 0 Å². The van der Waals surface area contributed by atoms with Crippen LogP contribution in [0.25, 0.3) is 0 Å². The molecular formula is C23H30F2O4. The van der Waals surface area contributed by atoms with E-state index in [0.717, 1.165) is 0 Å². The summed E-state index contributed by atoms with van der Waals surface area (Å²) in [6.45, 7) is 7.12. The summed E-state index contributed by atoms with van der Waals surface area (Å²) in [7, 11) is 0. The Kier molecular flexibility index (Phi) is 4.44. The van der Waals surface area contributed by atoms with Crippen LogP contribution in [0.15, 0.2) is 23.8 Å². The predicted molar refractivity (Wildman–Crippen MR) is 103 cm³/mol. The zero-order valence-corrected chi connectivity index (χ0v) is 17.5. The largest absolute Gasteiger partial charge is 0.459 e. The lowest BCUT2D eigenvalue weighted by Crippen LogP contribution is -2.69. The molecule has 0 aromatic carbocycles. The van der Waals surface area contributed by atoms with Crippen molar-refractivity contribution in [2.45, 2.75) is 83.3 Å². The molecule has 4 aliphatic rings. The van der Waals surface area contributed by atoms with Crippen molar-refractivity contribution in [3.63, 3.8) is 0 Å². The molecule has 3 saturated carbocycles. The fraction of sp³-hybridized carbons (Fsp3) is 0.739.